The molecule has 2 aromatic carbocycles. The van der Waals surface area contributed by atoms with E-state index in [2.05, 4.69) is 4.98 Å². The Labute approximate surface area is 190 Å². The first-order valence-electron chi connectivity index (χ1n) is 11.0. The fourth-order valence-electron chi connectivity index (χ4n) is 4.86. The molecule has 0 fully saturated rings. The number of aromatic nitrogens is 1. The summed E-state index contributed by atoms with van der Waals surface area (Å²) in [6.45, 7) is 1.50. The van der Waals surface area contributed by atoms with Crippen LogP contribution in [0, 0.1) is 5.82 Å². The van der Waals surface area contributed by atoms with Gasteiger partial charge in [-0.15, -0.1) is 0 Å². The first-order chi connectivity index (χ1) is 16.1. The van der Waals surface area contributed by atoms with Gasteiger partial charge in [-0.2, -0.15) is 0 Å². The van der Waals surface area contributed by atoms with Crippen LogP contribution in [-0.4, -0.2) is 30.8 Å². The number of nitrogens with two attached hydrogens (primary N) is 1. The van der Waals surface area contributed by atoms with E-state index in [1.54, 1.807) is 6.20 Å². The van der Waals surface area contributed by atoms with Crippen molar-refractivity contribution in [1.29, 1.82) is 0 Å². The molecule has 3 aromatic rings. The number of pyridine rings is 1. The first-order valence-corrected chi connectivity index (χ1v) is 11.0. The average Bonchev–Trinajstić information content (AvgIpc) is 2.86. The predicted molar refractivity (Wildman–Crippen MR) is 123 cm³/mol. The fraction of sp³-hybridized carbons (Fsp3) is 0.231. The van der Waals surface area contributed by atoms with Gasteiger partial charge in [-0.25, -0.2) is 9.38 Å². The Bertz CT molecular complexity index is 1310. The highest BCUT2D eigenvalue weighted by atomic mass is 19.1. The fourth-order valence-corrected chi connectivity index (χ4v) is 4.86. The van der Waals surface area contributed by atoms with Gasteiger partial charge in [-0.05, 0) is 53.5 Å². The van der Waals surface area contributed by atoms with Crippen molar-refractivity contribution >= 4 is 11.6 Å². The minimum absolute atomic E-state index is 0.0860. The van der Waals surface area contributed by atoms with E-state index in [-0.39, 0.29) is 11.8 Å². The summed E-state index contributed by atoms with van der Waals surface area (Å²) in [6.07, 6.45) is 6.78. The second-order valence-corrected chi connectivity index (χ2v) is 8.35. The Morgan fingerprint density at radius 1 is 1.00 bits per heavy atom. The normalized spacial score (nSPS) is 21.2. The summed E-state index contributed by atoms with van der Waals surface area (Å²) in [5.74, 6) is 0.327. The van der Waals surface area contributed by atoms with Crippen LogP contribution in [0.15, 0.2) is 65.9 Å². The second kappa shape index (κ2) is 7.71. The molecule has 0 saturated heterocycles. The van der Waals surface area contributed by atoms with E-state index < -0.39 is 11.4 Å². The zero-order valence-electron chi connectivity index (χ0n) is 17.9. The summed E-state index contributed by atoms with van der Waals surface area (Å²) >= 11 is 0. The van der Waals surface area contributed by atoms with E-state index in [0.717, 1.165) is 34.2 Å². The molecule has 6 nitrogen and oxygen atoms in total. The van der Waals surface area contributed by atoms with E-state index >= 15 is 4.39 Å². The summed E-state index contributed by atoms with van der Waals surface area (Å²) in [7, 11) is 0. The van der Waals surface area contributed by atoms with Crippen LogP contribution < -0.4 is 10.5 Å². The van der Waals surface area contributed by atoms with Crippen molar-refractivity contribution < 1.29 is 18.6 Å². The SMILES string of the molecule is NC1=N[C@]2(CCO1)c1cc(-c3cccnc3)ccc1Oc1c(F)cc(C3=CCOCC3)cc12. The molecule has 3 aliphatic heterocycles. The number of benzene rings is 2. The lowest BCUT2D eigenvalue weighted by atomic mass is 9.76. The minimum Gasteiger partial charge on any atom is -0.465 e. The molecular formula is C26H22FN3O3. The van der Waals surface area contributed by atoms with Gasteiger partial charge in [0.15, 0.2) is 11.6 Å². The largest absolute Gasteiger partial charge is 0.465 e. The highest BCUT2D eigenvalue weighted by Crippen LogP contribution is 2.54. The monoisotopic (exact) mass is 443 g/mol. The zero-order valence-corrected chi connectivity index (χ0v) is 17.9. The molecule has 1 spiro atoms. The van der Waals surface area contributed by atoms with Crippen LogP contribution in [0.4, 0.5) is 4.39 Å². The molecule has 0 unspecified atom stereocenters. The summed E-state index contributed by atoms with van der Waals surface area (Å²) < 4.78 is 32.5. The van der Waals surface area contributed by atoms with E-state index in [0.29, 0.717) is 37.6 Å². The van der Waals surface area contributed by atoms with Crippen molar-refractivity contribution in [1.82, 2.24) is 4.98 Å². The summed E-state index contributed by atoms with van der Waals surface area (Å²) in [6, 6.07) is 13.3. The molecule has 0 radical (unpaired) electrons. The Kier molecular flexibility index (Phi) is 4.66. The highest BCUT2D eigenvalue weighted by molar-refractivity contribution is 5.77. The van der Waals surface area contributed by atoms with Crippen LogP contribution in [-0.2, 0) is 15.0 Å². The van der Waals surface area contributed by atoms with Gasteiger partial charge in [0, 0.05) is 35.5 Å². The molecule has 1 atom stereocenters. The number of rotatable bonds is 2. The third-order valence-corrected chi connectivity index (χ3v) is 6.47. The zero-order chi connectivity index (χ0) is 22.4. The summed E-state index contributed by atoms with van der Waals surface area (Å²) in [5.41, 5.74) is 10.5. The van der Waals surface area contributed by atoms with Crippen LogP contribution in [0.1, 0.15) is 29.5 Å². The summed E-state index contributed by atoms with van der Waals surface area (Å²) in [5, 5.41) is 0. The molecule has 33 heavy (non-hydrogen) atoms. The van der Waals surface area contributed by atoms with Crippen molar-refractivity contribution in [3.05, 3.63) is 83.4 Å². The number of halogens is 1. The van der Waals surface area contributed by atoms with Crippen molar-refractivity contribution in [2.75, 3.05) is 19.8 Å². The predicted octanol–water partition coefficient (Wildman–Crippen LogP) is 4.78. The third-order valence-electron chi connectivity index (χ3n) is 6.47. The van der Waals surface area contributed by atoms with Crippen molar-refractivity contribution in [2.45, 2.75) is 18.4 Å². The Morgan fingerprint density at radius 2 is 1.91 bits per heavy atom. The molecule has 166 valence electrons. The molecule has 6 rings (SSSR count). The molecule has 7 heteroatoms. The van der Waals surface area contributed by atoms with Crippen molar-refractivity contribution in [3.8, 4) is 22.6 Å². The van der Waals surface area contributed by atoms with Gasteiger partial charge in [0.1, 0.15) is 11.3 Å². The van der Waals surface area contributed by atoms with E-state index in [1.807, 2.05) is 48.7 Å². The van der Waals surface area contributed by atoms with Crippen molar-refractivity contribution in [2.24, 2.45) is 10.7 Å². The average molecular weight is 443 g/mol. The van der Waals surface area contributed by atoms with Crippen LogP contribution >= 0.6 is 0 Å². The lowest BCUT2D eigenvalue weighted by molar-refractivity contribution is 0.161. The van der Waals surface area contributed by atoms with Crippen LogP contribution in [0.2, 0.25) is 0 Å². The smallest absolute Gasteiger partial charge is 0.283 e. The van der Waals surface area contributed by atoms with Gasteiger partial charge < -0.3 is 19.9 Å². The molecular weight excluding hydrogens is 421 g/mol. The number of nitrogens with zero attached hydrogens (tertiary/aromatic N) is 2. The molecule has 0 aliphatic carbocycles. The van der Waals surface area contributed by atoms with Crippen LogP contribution in [0.25, 0.3) is 16.7 Å². The molecule has 0 bridgehead atoms. The van der Waals surface area contributed by atoms with Gasteiger partial charge in [-0.1, -0.05) is 18.2 Å². The van der Waals surface area contributed by atoms with Gasteiger partial charge in [-0.3, -0.25) is 4.98 Å². The van der Waals surface area contributed by atoms with Crippen LogP contribution in [0.5, 0.6) is 11.5 Å². The molecule has 0 saturated carbocycles. The van der Waals surface area contributed by atoms with Crippen molar-refractivity contribution in [3.63, 3.8) is 0 Å². The second-order valence-electron chi connectivity index (χ2n) is 8.35. The number of fused-ring (bicyclic) bond motifs is 4. The topological polar surface area (TPSA) is 79.0 Å². The minimum atomic E-state index is -0.911. The maximum Gasteiger partial charge on any atom is 0.283 e. The maximum absolute atomic E-state index is 15.5. The number of ether oxygens (including phenoxy) is 3. The Hall–Kier alpha value is -3.71. The Morgan fingerprint density at radius 3 is 2.70 bits per heavy atom. The number of amidine groups is 1. The van der Waals surface area contributed by atoms with E-state index in [4.69, 9.17) is 24.9 Å². The van der Waals surface area contributed by atoms with Gasteiger partial charge in [0.2, 0.25) is 0 Å². The molecule has 2 N–H and O–H groups in total. The molecule has 3 aliphatic rings. The lowest BCUT2D eigenvalue weighted by Crippen LogP contribution is -2.39. The van der Waals surface area contributed by atoms with E-state index in [9.17, 15) is 0 Å². The van der Waals surface area contributed by atoms with Gasteiger partial charge >= 0.3 is 0 Å². The third kappa shape index (κ3) is 3.27. The van der Waals surface area contributed by atoms with Crippen LogP contribution in [0.3, 0.4) is 0 Å². The molecule has 1 aromatic heterocycles. The van der Waals surface area contributed by atoms with E-state index in [1.165, 1.54) is 6.07 Å². The Balaban J connectivity index is 1.58. The number of aliphatic imine (C=N–C) groups is 1. The summed E-state index contributed by atoms with van der Waals surface area (Å²) in [4.78, 5) is 9.02. The molecule has 4 heterocycles. The first kappa shape index (κ1) is 19.9. The molecule has 0 amide bonds. The van der Waals surface area contributed by atoms with Gasteiger partial charge in [0.25, 0.3) is 6.02 Å². The maximum atomic E-state index is 15.5. The highest BCUT2D eigenvalue weighted by Gasteiger charge is 2.46. The number of hydrogen-bond acceptors (Lipinski definition) is 6. The standard InChI is InChI=1S/C26H22FN3O3/c27-22-14-19(16-5-9-31-10-6-16)13-21-24(22)33-23-4-3-17(18-2-1-8-29-15-18)12-20(23)26(21)7-11-32-25(28)30-26/h1-5,8,12-15H,6-7,9-11H2,(H2,28,30)/t26-/m1/s1. The number of hydrogen-bond donors (Lipinski definition) is 1. The quantitative estimate of drug-likeness (QED) is 0.617. The lowest BCUT2D eigenvalue weighted by Gasteiger charge is -2.40. The van der Waals surface area contributed by atoms with Gasteiger partial charge in [0.05, 0.1) is 19.8 Å².